The molecule has 1 aliphatic heterocycles. The molecule has 0 radical (unpaired) electrons. The van der Waals surface area contributed by atoms with E-state index in [4.69, 9.17) is 4.74 Å². The van der Waals surface area contributed by atoms with Crippen molar-refractivity contribution in [3.63, 3.8) is 0 Å². The fraction of sp³-hybridized carbons (Fsp3) is 0.467. The minimum atomic E-state index is -0.857. The van der Waals surface area contributed by atoms with E-state index in [9.17, 15) is 8.78 Å². The quantitative estimate of drug-likeness (QED) is 0.926. The summed E-state index contributed by atoms with van der Waals surface area (Å²) >= 11 is 1.31. The molecule has 1 aromatic carbocycles. The maximum atomic E-state index is 13.4. The zero-order valence-corrected chi connectivity index (χ0v) is 13.2. The molecule has 0 aliphatic carbocycles. The van der Waals surface area contributed by atoms with Gasteiger partial charge in [0.2, 0.25) is 5.13 Å². The molecule has 1 N–H and O–H groups in total. The van der Waals surface area contributed by atoms with Crippen LogP contribution in [0.2, 0.25) is 0 Å². The van der Waals surface area contributed by atoms with E-state index in [1.165, 1.54) is 17.6 Å². The maximum Gasteiger partial charge on any atom is 0.202 e. The first-order valence-corrected chi connectivity index (χ1v) is 7.98. The molecule has 2 unspecified atom stereocenters. The Bertz CT molecular complexity index is 662. The lowest BCUT2D eigenvalue weighted by Crippen LogP contribution is -2.23. The first-order valence-electron chi connectivity index (χ1n) is 7.21. The molecule has 118 valence electrons. The molecule has 0 spiro atoms. The van der Waals surface area contributed by atoms with Crippen molar-refractivity contribution in [2.45, 2.75) is 38.3 Å². The molecule has 0 bridgehead atoms. The highest BCUT2D eigenvalue weighted by Crippen LogP contribution is 2.32. The van der Waals surface area contributed by atoms with Crippen molar-refractivity contribution in [1.29, 1.82) is 0 Å². The normalized spacial score (nSPS) is 21.5. The van der Waals surface area contributed by atoms with Gasteiger partial charge in [-0.15, -0.1) is 0 Å². The van der Waals surface area contributed by atoms with Gasteiger partial charge in [0, 0.05) is 24.1 Å². The molecule has 4 nitrogen and oxygen atoms in total. The highest BCUT2D eigenvalue weighted by Gasteiger charge is 2.31. The predicted molar refractivity (Wildman–Crippen MR) is 81.1 cm³/mol. The second-order valence-corrected chi connectivity index (χ2v) is 6.37. The number of benzene rings is 1. The number of ether oxygens (including phenoxy) is 1. The Morgan fingerprint density at radius 1 is 1.32 bits per heavy atom. The summed E-state index contributed by atoms with van der Waals surface area (Å²) in [4.78, 5) is 4.44. The molecule has 0 saturated carbocycles. The van der Waals surface area contributed by atoms with Gasteiger partial charge in [-0.25, -0.2) is 13.8 Å². The largest absolute Gasteiger partial charge is 0.371 e. The Kier molecular flexibility index (Phi) is 4.35. The van der Waals surface area contributed by atoms with E-state index in [0.29, 0.717) is 12.2 Å². The fourth-order valence-electron chi connectivity index (χ4n) is 2.44. The summed E-state index contributed by atoms with van der Waals surface area (Å²) in [6.45, 7) is 4.64. The molecule has 3 rings (SSSR count). The van der Waals surface area contributed by atoms with Gasteiger partial charge in [-0.05, 0) is 24.1 Å². The lowest BCUT2D eigenvalue weighted by Gasteiger charge is -2.19. The van der Waals surface area contributed by atoms with Crippen molar-refractivity contribution >= 4 is 16.7 Å². The Labute approximate surface area is 131 Å². The highest BCUT2D eigenvalue weighted by molar-refractivity contribution is 7.09. The topological polar surface area (TPSA) is 47.0 Å². The summed E-state index contributed by atoms with van der Waals surface area (Å²) in [6, 6.07) is 3.85. The lowest BCUT2D eigenvalue weighted by molar-refractivity contribution is 0.107. The van der Waals surface area contributed by atoms with Gasteiger partial charge in [-0.1, -0.05) is 19.9 Å². The molecule has 1 aromatic heterocycles. The van der Waals surface area contributed by atoms with E-state index in [1.54, 1.807) is 6.07 Å². The van der Waals surface area contributed by atoms with Crippen LogP contribution in [0.1, 0.15) is 43.7 Å². The standard InChI is InChI=1S/C15H17F2N3OS/c1-8(2)14-19-15(22-20-14)18-12-5-6-21-13(12)9-3-4-10(16)11(17)7-9/h3-4,7-8,12-13H,5-6H2,1-2H3,(H,18,19,20). The number of nitrogens with one attached hydrogen (secondary N) is 1. The molecule has 1 fully saturated rings. The SMILES string of the molecule is CC(C)c1nsc(NC2CCOC2c2ccc(F)c(F)c2)n1. The summed E-state index contributed by atoms with van der Waals surface area (Å²) in [5, 5.41) is 4.03. The molecule has 22 heavy (non-hydrogen) atoms. The van der Waals surface area contributed by atoms with Crippen LogP contribution in [-0.4, -0.2) is 22.0 Å². The monoisotopic (exact) mass is 325 g/mol. The third-order valence-corrected chi connectivity index (χ3v) is 4.29. The Balaban J connectivity index is 1.76. The van der Waals surface area contributed by atoms with Crippen LogP contribution >= 0.6 is 11.5 Å². The third kappa shape index (κ3) is 3.10. The predicted octanol–water partition coefficient (Wildman–Crippen LogP) is 3.88. The van der Waals surface area contributed by atoms with Crippen LogP contribution in [0.4, 0.5) is 13.9 Å². The van der Waals surface area contributed by atoms with Crippen molar-refractivity contribution < 1.29 is 13.5 Å². The van der Waals surface area contributed by atoms with Crippen molar-refractivity contribution in [2.75, 3.05) is 11.9 Å². The molecular formula is C15H17F2N3OS. The van der Waals surface area contributed by atoms with Crippen LogP contribution in [0.3, 0.4) is 0 Å². The fourth-order valence-corrected chi connectivity index (χ4v) is 3.21. The summed E-state index contributed by atoms with van der Waals surface area (Å²) < 4.78 is 36.4. The van der Waals surface area contributed by atoms with Crippen LogP contribution in [0, 0.1) is 11.6 Å². The number of nitrogens with zero attached hydrogens (tertiary/aromatic N) is 2. The van der Waals surface area contributed by atoms with Crippen molar-refractivity contribution in [3.8, 4) is 0 Å². The summed E-state index contributed by atoms with van der Waals surface area (Å²) in [5.41, 5.74) is 0.627. The summed E-state index contributed by atoms with van der Waals surface area (Å²) in [7, 11) is 0. The van der Waals surface area contributed by atoms with Gasteiger partial charge in [-0.3, -0.25) is 0 Å². The molecule has 2 aromatic rings. The van der Waals surface area contributed by atoms with E-state index in [0.717, 1.165) is 23.4 Å². The first-order chi connectivity index (χ1) is 10.5. The van der Waals surface area contributed by atoms with Crippen molar-refractivity contribution in [2.24, 2.45) is 0 Å². The smallest absolute Gasteiger partial charge is 0.202 e. The molecule has 1 aliphatic rings. The van der Waals surface area contributed by atoms with Crippen LogP contribution in [0.25, 0.3) is 0 Å². The molecule has 2 heterocycles. The average Bonchev–Trinajstić information content (AvgIpc) is 3.12. The molecule has 0 amide bonds. The van der Waals surface area contributed by atoms with E-state index in [2.05, 4.69) is 14.7 Å². The second-order valence-electron chi connectivity index (χ2n) is 5.62. The van der Waals surface area contributed by atoms with Gasteiger partial charge in [0.05, 0.1) is 6.04 Å². The van der Waals surface area contributed by atoms with E-state index in [-0.39, 0.29) is 18.1 Å². The number of rotatable bonds is 4. The Morgan fingerprint density at radius 2 is 2.14 bits per heavy atom. The zero-order valence-electron chi connectivity index (χ0n) is 12.3. The van der Waals surface area contributed by atoms with E-state index < -0.39 is 11.6 Å². The van der Waals surface area contributed by atoms with Gasteiger partial charge < -0.3 is 10.1 Å². The summed E-state index contributed by atoms with van der Waals surface area (Å²) in [6.07, 6.45) is 0.460. The Morgan fingerprint density at radius 3 is 2.82 bits per heavy atom. The minimum absolute atomic E-state index is 0.0298. The molecule has 7 heteroatoms. The number of aromatic nitrogens is 2. The van der Waals surface area contributed by atoms with Crippen LogP contribution in [0.5, 0.6) is 0 Å². The average molecular weight is 325 g/mol. The van der Waals surface area contributed by atoms with Gasteiger partial charge in [-0.2, -0.15) is 4.37 Å². The van der Waals surface area contributed by atoms with E-state index >= 15 is 0 Å². The minimum Gasteiger partial charge on any atom is -0.371 e. The van der Waals surface area contributed by atoms with Crippen molar-refractivity contribution in [3.05, 3.63) is 41.2 Å². The lowest BCUT2D eigenvalue weighted by atomic mass is 10.0. The molecule has 2 atom stereocenters. The van der Waals surface area contributed by atoms with Crippen LogP contribution < -0.4 is 5.32 Å². The van der Waals surface area contributed by atoms with Crippen LogP contribution in [-0.2, 0) is 4.74 Å². The van der Waals surface area contributed by atoms with Gasteiger partial charge in [0.25, 0.3) is 0 Å². The van der Waals surface area contributed by atoms with Crippen molar-refractivity contribution in [1.82, 2.24) is 9.36 Å². The zero-order chi connectivity index (χ0) is 15.7. The van der Waals surface area contributed by atoms with Gasteiger partial charge >= 0.3 is 0 Å². The Hall–Kier alpha value is -1.60. The molecule has 1 saturated heterocycles. The number of halogens is 2. The van der Waals surface area contributed by atoms with Gasteiger partial charge in [0.1, 0.15) is 11.9 Å². The second kappa shape index (κ2) is 6.26. The molecular weight excluding hydrogens is 308 g/mol. The van der Waals surface area contributed by atoms with E-state index in [1.807, 2.05) is 13.8 Å². The first kappa shape index (κ1) is 15.3. The number of hydrogen-bond acceptors (Lipinski definition) is 5. The third-order valence-electron chi connectivity index (χ3n) is 3.63. The maximum absolute atomic E-state index is 13.4. The number of hydrogen-bond donors (Lipinski definition) is 1. The number of anilines is 1. The van der Waals surface area contributed by atoms with Gasteiger partial charge in [0.15, 0.2) is 11.6 Å². The highest BCUT2D eigenvalue weighted by atomic mass is 32.1. The summed E-state index contributed by atoms with van der Waals surface area (Å²) in [5.74, 6) is -0.633. The van der Waals surface area contributed by atoms with Crippen LogP contribution in [0.15, 0.2) is 18.2 Å².